The lowest BCUT2D eigenvalue weighted by Gasteiger charge is -2.44. The van der Waals surface area contributed by atoms with Crippen LogP contribution in [0.2, 0.25) is 0 Å². The van der Waals surface area contributed by atoms with Crippen LogP contribution < -0.4 is 0 Å². The summed E-state index contributed by atoms with van der Waals surface area (Å²) in [5, 5.41) is 0. The number of hydrogen-bond acceptors (Lipinski definition) is 11. The van der Waals surface area contributed by atoms with Crippen molar-refractivity contribution in [2.45, 2.75) is 102 Å². The Balaban J connectivity index is 1.61. The predicted octanol–water partition coefficient (Wildman–Crippen LogP) is 5.47. The minimum atomic E-state index is -1.26. The van der Waals surface area contributed by atoms with Crippen molar-refractivity contribution in [3.8, 4) is 0 Å². The maximum absolute atomic E-state index is 12.4. The van der Waals surface area contributed by atoms with E-state index in [0.29, 0.717) is 23.7 Å². The van der Waals surface area contributed by atoms with Gasteiger partial charge in [0, 0.05) is 33.6 Å². The molecule has 6 unspecified atom stereocenters. The molecule has 11 nitrogen and oxygen atoms in total. The summed E-state index contributed by atoms with van der Waals surface area (Å²) in [5.74, 6) is -1.76. The zero-order chi connectivity index (χ0) is 32.8. The standard InChI is InChI=1S/C35H40O11/c1-20(36)42-19-31-33(43-21(2)37)35(45-23(4)39)34(44-22(3)38)32(46-31)26-12-13-27(25-10-11-25)28(17-26)29(30-18-40-14-15-41-30)16-24-8-6-5-7-9-24/h5-6,8,12-15,17-18,25,29,31-35H,7,9-11,16,19H2,1-4H3. The number of carbonyl (C=O) groups is 4. The minimum Gasteiger partial charge on any atom is -0.466 e. The zero-order valence-corrected chi connectivity index (χ0v) is 26.5. The van der Waals surface area contributed by atoms with Gasteiger partial charge in [-0.05, 0) is 54.7 Å². The average Bonchev–Trinajstić information content (AvgIpc) is 3.87. The summed E-state index contributed by atoms with van der Waals surface area (Å²) in [5.41, 5.74) is 4.08. The van der Waals surface area contributed by atoms with Crippen LogP contribution in [0.3, 0.4) is 0 Å². The van der Waals surface area contributed by atoms with Crippen LogP contribution in [-0.2, 0) is 52.3 Å². The molecule has 2 fully saturated rings. The molecule has 4 aliphatic rings. The second kappa shape index (κ2) is 14.8. The first-order chi connectivity index (χ1) is 22.1. The molecule has 1 aromatic rings. The molecule has 6 atom stereocenters. The Hall–Kier alpha value is -4.38. The molecular formula is C35H40O11. The second-order valence-corrected chi connectivity index (χ2v) is 11.9. The summed E-state index contributed by atoms with van der Waals surface area (Å²) < 4.78 is 40.3. The number of benzene rings is 1. The fourth-order valence-electron chi connectivity index (χ4n) is 6.22. The Morgan fingerprint density at radius 3 is 2.22 bits per heavy atom. The highest BCUT2D eigenvalue weighted by atomic mass is 16.7. The molecular weight excluding hydrogens is 596 g/mol. The lowest BCUT2D eigenvalue weighted by molar-refractivity contribution is -0.254. The van der Waals surface area contributed by atoms with Crippen molar-refractivity contribution in [1.29, 1.82) is 0 Å². The maximum Gasteiger partial charge on any atom is 0.303 e. The van der Waals surface area contributed by atoms with Gasteiger partial charge >= 0.3 is 23.9 Å². The highest BCUT2D eigenvalue weighted by Gasteiger charge is 2.52. The molecule has 0 amide bonds. The first-order valence-corrected chi connectivity index (χ1v) is 15.6. The number of esters is 4. The molecule has 11 heteroatoms. The highest BCUT2D eigenvalue weighted by Crippen LogP contribution is 2.48. The molecule has 0 aromatic heterocycles. The molecule has 5 rings (SSSR count). The van der Waals surface area contributed by atoms with Crippen LogP contribution >= 0.6 is 0 Å². The molecule has 1 aromatic carbocycles. The monoisotopic (exact) mass is 636 g/mol. The number of carbonyl (C=O) groups excluding carboxylic acids is 4. The van der Waals surface area contributed by atoms with Crippen LogP contribution in [0.5, 0.6) is 0 Å². The summed E-state index contributed by atoms with van der Waals surface area (Å²) in [7, 11) is 0. The van der Waals surface area contributed by atoms with E-state index in [9.17, 15) is 19.2 Å². The number of ether oxygens (including phenoxy) is 7. The Bertz CT molecular complexity index is 1450. The van der Waals surface area contributed by atoms with E-state index in [-0.39, 0.29) is 12.5 Å². The first-order valence-electron chi connectivity index (χ1n) is 15.6. The number of rotatable bonds is 11. The Morgan fingerprint density at radius 1 is 0.891 bits per heavy atom. The summed E-state index contributed by atoms with van der Waals surface area (Å²) in [4.78, 5) is 48.8. The maximum atomic E-state index is 12.4. The Morgan fingerprint density at radius 2 is 1.61 bits per heavy atom. The van der Waals surface area contributed by atoms with Gasteiger partial charge in [-0.25, -0.2) is 0 Å². The van der Waals surface area contributed by atoms with Crippen molar-refractivity contribution in [1.82, 2.24) is 0 Å². The van der Waals surface area contributed by atoms with Crippen molar-refractivity contribution in [2.24, 2.45) is 0 Å². The van der Waals surface area contributed by atoms with Crippen LogP contribution in [0.15, 0.2) is 66.5 Å². The van der Waals surface area contributed by atoms with E-state index in [1.54, 1.807) is 6.26 Å². The predicted molar refractivity (Wildman–Crippen MR) is 163 cm³/mol. The molecule has 2 aliphatic carbocycles. The molecule has 0 bridgehead atoms. The fraction of sp³-hybridized carbons (Fsp3) is 0.486. The van der Waals surface area contributed by atoms with Crippen LogP contribution in [-0.4, -0.2) is 54.9 Å². The average molecular weight is 637 g/mol. The van der Waals surface area contributed by atoms with Gasteiger partial charge in [0.25, 0.3) is 0 Å². The smallest absolute Gasteiger partial charge is 0.303 e. The summed E-state index contributed by atoms with van der Waals surface area (Å²) in [6.45, 7) is 4.59. The van der Waals surface area contributed by atoms with Gasteiger partial charge in [0.1, 0.15) is 43.4 Å². The normalized spacial score (nSPS) is 26.0. The summed E-state index contributed by atoms with van der Waals surface area (Å²) >= 11 is 0. The van der Waals surface area contributed by atoms with Crippen LogP contribution in [0, 0.1) is 0 Å². The van der Waals surface area contributed by atoms with E-state index in [0.717, 1.165) is 31.2 Å². The zero-order valence-electron chi connectivity index (χ0n) is 26.5. The van der Waals surface area contributed by atoms with E-state index < -0.39 is 54.4 Å². The van der Waals surface area contributed by atoms with Crippen molar-refractivity contribution < 1.29 is 52.3 Å². The molecule has 0 N–H and O–H groups in total. The Kier molecular flexibility index (Phi) is 10.6. The van der Waals surface area contributed by atoms with Gasteiger partial charge in [-0.3, -0.25) is 19.2 Å². The molecule has 1 saturated carbocycles. The minimum absolute atomic E-state index is 0.205. The van der Waals surface area contributed by atoms with E-state index in [4.69, 9.17) is 33.2 Å². The third kappa shape index (κ3) is 8.25. The van der Waals surface area contributed by atoms with Crippen molar-refractivity contribution in [3.63, 3.8) is 0 Å². The molecule has 46 heavy (non-hydrogen) atoms. The van der Waals surface area contributed by atoms with Gasteiger partial charge in [-0.1, -0.05) is 42.0 Å². The Labute approximate surface area is 268 Å². The van der Waals surface area contributed by atoms with Crippen LogP contribution in [0.1, 0.15) is 94.4 Å². The highest BCUT2D eigenvalue weighted by molar-refractivity contribution is 5.69. The van der Waals surface area contributed by atoms with Crippen LogP contribution in [0.25, 0.3) is 0 Å². The van der Waals surface area contributed by atoms with Gasteiger partial charge in [-0.2, -0.15) is 0 Å². The van der Waals surface area contributed by atoms with Gasteiger partial charge in [0.2, 0.25) is 0 Å². The van der Waals surface area contributed by atoms with E-state index in [1.165, 1.54) is 51.4 Å². The van der Waals surface area contributed by atoms with Gasteiger partial charge in [-0.15, -0.1) is 0 Å². The fourth-order valence-corrected chi connectivity index (χ4v) is 6.22. The van der Waals surface area contributed by atoms with E-state index >= 15 is 0 Å². The van der Waals surface area contributed by atoms with Crippen molar-refractivity contribution in [3.05, 3.63) is 83.2 Å². The summed E-state index contributed by atoms with van der Waals surface area (Å²) in [6, 6.07) is 5.98. The van der Waals surface area contributed by atoms with Crippen LogP contribution in [0.4, 0.5) is 0 Å². The SMILES string of the molecule is CC(=O)OCC1OC(c2ccc(C3CC3)c(C(CC3=CC=CCC3)C3=COC=CO3)c2)C(OC(C)=O)C(OC(C)=O)C1OC(C)=O. The topological polar surface area (TPSA) is 133 Å². The van der Waals surface area contributed by atoms with Gasteiger partial charge in [0.15, 0.2) is 18.3 Å². The third-order valence-electron chi connectivity index (χ3n) is 8.26. The van der Waals surface area contributed by atoms with Crippen molar-refractivity contribution in [2.75, 3.05) is 6.61 Å². The largest absolute Gasteiger partial charge is 0.466 e. The third-order valence-corrected chi connectivity index (χ3v) is 8.26. The molecule has 2 aliphatic heterocycles. The molecule has 1 saturated heterocycles. The van der Waals surface area contributed by atoms with E-state index in [1.807, 2.05) is 12.1 Å². The molecule has 246 valence electrons. The lowest BCUT2D eigenvalue weighted by atomic mass is 9.81. The quantitative estimate of drug-likeness (QED) is 0.226. The number of allylic oxidation sites excluding steroid dienone is 5. The summed E-state index contributed by atoms with van der Waals surface area (Å²) in [6.07, 6.45) is 9.92. The van der Waals surface area contributed by atoms with Gasteiger partial charge < -0.3 is 33.2 Å². The molecule has 0 spiro atoms. The lowest BCUT2D eigenvalue weighted by Crippen LogP contribution is -2.59. The van der Waals surface area contributed by atoms with E-state index in [2.05, 4.69) is 24.3 Å². The molecule has 2 heterocycles. The second-order valence-electron chi connectivity index (χ2n) is 11.9. The number of hydrogen-bond donors (Lipinski definition) is 0. The first kappa shape index (κ1) is 33.0. The van der Waals surface area contributed by atoms with Crippen molar-refractivity contribution >= 4 is 23.9 Å². The van der Waals surface area contributed by atoms with Gasteiger partial charge in [0.05, 0.1) is 0 Å². The molecule has 0 radical (unpaired) electrons.